The SMILES string of the molecule is Cc1cccc(C2COC3(CCN(C(=O)Nc4nnnn4C)CC3)C2)c1. The van der Waals surface area contributed by atoms with Crippen LogP contribution in [0.15, 0.2) is 24.3 Å². The van der Waals surface area contributed by atoms with Gasteiger partial charge >= 0.3 is 6.03 Å². The summed E-state index contributed by atoms with van der Waals surface area (Å²) in [6, 6.07) is 8.52. The molecule has 2 amide bonds. The van der Waals surface area contributed by atoms with Crippen molar-refractivity contribution in [3.8, 4) is 0 Å². The Labute approximate surface area is 152 Å². The number of tetrazole rings is 1. The number of nitrogens with zero attached hydrogens (tertiary/aromatic N) is 5. The van der Waals surface area contributed by atoms with Gasteiger partial charge < -0.3 is 9.64 Å². The fourth-order valence-electron chi connectivity index (χ4n) is 3.96. The number of hydrogen-bond acceptors (Lipinski definition) is 5. The highest BCUT2D eigenvalue weighted by Crippen LogP contribution is 2.42. The number of amides is 2. The van der Waals surface area contributed by atoms with Crippen LogP contribution in [0.1, 0.15) is 36.3 Å². The zero-order valence-electron chi connectivity index (χ0n) is 15.2. The molecule has 1 aromatic heterocycles. The number of nitrogens with one attached hydrogen (secondary N) is 1. The Hall–Kier alpha value is -2.48. The highest BCUT2D eigenvalue weighted by atomic mass is 16.5. The Morgan fingerprint density at radius 2 is 2.15 bits per heavy atom. The molecule has 0 saturated carbocycles. The number of hydrogen-bond donors (Lipinski definition) is 1. The van der Waals surface area contributed by atoms with Crippen molar-refractivity contribution >= 4 is 12.0 Å². The van der Waals surface area contributed by atoms with Crippen molar-refractivity contribution < 1.29 is 9.53 Å². The molecule has 2 aliphatic rings. The Morgan fingerprint density at radius 3 is 2.85 bits per heavy atom. The van der Waals surface area contributed by atoms with E-state index in [-0.39, 0.29) is 11.6 Å². The zero-order chi connectivity index (χ0) is 18.1. The second kappa shape index (κ2) is 6.68. The summed E-state index contributed by atoms with van der Waals surface area (Å²) in [6.45, 7) is 4.24. The molecule has 1 N–H and O–H groups in total. The van der Waals surface area contributed by atoms with Crippen LogP contribution in [-0.2, 0) is 11.8 Å². The van der Waals surface area contributed by atoms with Crippen molar-refractivity contribution in [2.45, 2.75) is 37.7 Å². The van der Waals surface area contributed by atoms with Crippen LogP contribution in [0.3, 0.4) is 0 Å². The fraction of sp³-hybridized carbons (Fsp3) is 0.556. The van der Waals surface area contributed by atoms with Crippen LogP contribution in [0, 0.1) is 6.92 Å². The number of aromatic nitrogens is 4. The van der Waals surface area contributed by atoms with Crippen LogP contribution in [-0.4, -0.2) is 56.4 Å². The normalized spacial score (nSPS) is 21.9. The van der Waals surface area contributed by atoms with E-state index in [2.05, 4.69) is 52.0 Å². The first kappa shape index (κ1) is 17.0. The topological polar surface area (TPSA) is 85.2 Å². The van der Waals surface area contributed by atoms with Crippen molar-refractivity contribution in [1.29, 1.82) is 0 Å². The van der Waals surface area contributed by atoms with Crippen molar-refractivity contribution in [1.82, 2.24) is 25.1 Å². The minimum Gasteiger partial charge on any atom is -0.374 e. The number of ether oxygens (including phenoxy) is 1. The van der Waals surface area contributed by atoms with E-state index in [1.165, 1.54) is 15.8 Å². The maximum atomic E-state index is 12.4. The largest absolute Gasteiger partial charge is 0.374 e. The fourth-order valence-corrected chi connectivity index (χ4v) is 3.96. The molecule has 3 heterocycles. The monoisotopic (exact) mass is 356 g/mol. The van der Waals surface area contributed by atoms with E-state index in [0.717, 1.165) is 25.9 Å². The Bertz CT molecular complexity index is 796. The molecule has 8 nitrogen and oxygen atoms in total. The molecule has 4 rings (SSSR count). The van der Waals surface area contributed by atoms with Crippen LogP contribution in [0.4, 0.5) is 10.7 Å². The number of rotatable bonds is 2. The number of urea groups is 1. The summed E-state index contributed by atoms with van der Waals surface area (Å²) in [4.78, 5) is 14.2. The standard InChI is InChI=1S/C18H24N6O2/c1-13-4-3-5-14(10-13)15-11-18(26-12-15)6-8-24(9-7-18)17(25)19-16-20-21-22-23(16)2/h3-5,10,15H,6-9,11-12H2,1-2H3,(H,19,20,22,25). The van der Waals surface area contributed by atoms with Gasteiger partial charge in [0.25, 0.3) is 5.95 Å². The third kappa shape index (κ3) is 3.29. The molecule has 2 aromatic rings. The van der Waals surface area contributed by atoms with Gasteiger partial charge in [-0.05, 0) is 42.2 Å². The molecule has 26 heavy (non-hydrogen) atoms. The number of aryl methyl sites for hydroxylation is 2. The lowest BCUT2D eigenvalue weighted by molar-refractivity contribution is -0.0355. The smallest absolute Gasteiger partial charge is 0.324 e. The first-order valence-corrected chi connectivity index (χ1v) is 9.03. The summed E-state index contributed by atoms with van der Waals surface area (Å²) in [5.74, 6) is 0.798. The highest BCUT2D eigenvalue weighted by Gasteiger charge is 2.43. The predicted octanol–water partition coefficient (Wildman–Crippen LogP) is 2.09. The van der Waals surface area contributed by atoms with Crippen LogP contribution in [0.25, 0.3) is 0 Å². The van der Waals surface area contributed by atoms with Crippen molar-refractivity contribution in [3.63, 3.8) is 0 Å². The predicted molar refractivity (Wildman–Crippen MR) is 95.8 cm³/mol. The van der Waals surface area contributed by atoms with Gasteiger partial charge in [0.15, 0.2) is 0 Å². The summed E-state index contributed by atoms with van der Waals surface area (Å²) in [7, 11) is 1.69. The van der Waals surface area contributed by atoms with Crippen LogP contribution < -0.4 is 5.32 Å². The average Bonchev–Trinajstić information content (AvgIpc) is 3.23. The van der Waals surface area contributed by atoms with Crippen LogP contribution >= 0.6 is 0 Å². The van der Waals surface area contributed by atoms with Gasteiger partial charge in [0.2, 0.25) is 0 Å². The highest BCUT2D eigenvalue weighted by molar-refractivity contribution is 5.87. The number of anilines is 1. The maximum absolute atomic E-state index is 12.4. The second-order valence-corrected chi connectivity index (χ2v) is 7.35. The average molecular weight is 356 g/mol. The van der Waals surface area contributed by atoms with Gasteiger partial charge in [-0.2, -0.15) is 0 Å². The van der Waals surface area contributed by atoms with E-state index in [0.29, 0.717) is 25.0 Å². The maximum Gasteiger partial charge on any atom is 0.324 e. The van der Waals surface area contributed by atoms with Gasteiger partial charge in [-0.25, -0.2) is 9.48 Å². The second-order valence-electron chi connectivity index (χ2n) is 7.35. The van der Waals surface area contributed by atoms with Crippen LogP contribution in [0.5, 0.6) is 0 Å². The molecule has 1 spiro atoms. The Morgan fingerprint density at radius 1 is 1.35 bits per heavy atom. The molecule has 8 heteroatoms. The molecule has 1 unspecified atom stereocenters. The van der Waals surface area contributed by atoms with E-state index >= 15 is 0 Å². The lowest BCUT2D eigenvalue weighted by Crippen LogP contribution is -2.48. The van der Waals surface area contributed by atoms with Gasteiger partial charge in [0.05, 0.1) is 12.2 Å². The molecule has 2 aliphatic heterocycles. The summed E-state index contributed by atoms with van der Waals surface area (Å²) >= 11 is 0. The molecule has 2 fully saturated rings. The molecular formula is C18H24N6O2. The number of carbonyl (C=O) groups excluding carboxylic acids is 1. The molecular weight excluding hydrogens is 332 g/mol. The van der Waals surface area contributed by atoms with Crippen molar-refractivity contribution in [3.05, 3.63) is 35.4 Å². The summed E-state index contributed by atoms with van der Waals surface area (Å²) in [5, 5.41) is 13.8. The molecule has 0 aliphatic carbocycles. The molecule has 1 atom stereocenters. The van der Waals surface area contributed by atoms with E-state index < -0.39 is 0 Å². The number of benzene rings is 1. The van der Waals surface area contributed by atoms with Gasteiger partial charge in [0, 0.05) is 26.1 Å². The summed E-state index contributed by atoms with van der Waals surface area (Å²) < 4.78 is 7.69. The number of carbonyl (C=O) groups is 1. The van der Waals surface area contributed by atoms with E-state index in [9.17, 15) is 4.79 Å². The minimum absolute atomic E-state index is 0.0997. The van der Waals surface area contributed by atoms with Crippen molar-refractivity contribution in [2.75, 3.05) is 25.0 Å². The van der Waals surface area contributed by atoms with Gasteiger partial charge in [0.1, 0.15) is 0 Å². The first-order chi connectivity index (χ1) is 12.5. The minimum atomic E-state index is -0.161. The van der Waals surface area contributed by atoms with Gasteiger partial charge in [-0.3, -0.25) is 5.32 Å². The Balaban J connectivity index is 1.35. The lowest BCUT2D eigenvalue weighted by Gasteiger charge is -2.38. The van der Waals surface area contributed by atoms with E-state index in [4.69, 9.17) is 4.74 Å². The summed E-state index contributed by atoms with van der Waals surface area (Å²) in [5.41, 5.74) is 2.54. The first-order valence-electron chi connectivity index (χ1n) is 9.03. The van der Waals surface area contributed by atoms with E-state index in [1.807, 2.05) is 4.90 Å². The molecule has 0 bridgehead atoms. The summed E-state index contributed by atoms with van der Waals surface area (Å²) in [6.07, 6.45) is 2.75. The molecule has 2 saturated heterocycles. The molecule has 138 valence electrons. The van der Waals surface area contributed by atoms with Crippen molar-refractivity contribution in [2.24, 2.45) is 7.05 Å². The quantitative estimate of drug-likeness (QED) is 0.890. The molecule has 0 radical (unpaired) electrons. The third-order valence-corrected chi connectivity index (χ3v) is 5.52. The van der Waals surface area contributed by atoms with E-state index in [1.54, 1.807) is 7.05 Å². The Kier molecular flexibility index (Phi) is 4.36. The third-order valence-electron chi connectivity index (χ3n) is 5.52. The molecule has 1 aromatic carbocycles. The zero-order valence-corrected chi connectivity index (χ0v) is 15.2. The number of likely N-dealkylation sites (tertiary alicyclic amines) is 1. The van der Waals surface area contributed by atoms with Gasteiger partial charge in [-0.1, -0.05) is 34.9 Å². The number of piperidine rings is 1. The van der Waals surface area contributed by atoms with Gasteiger partial charge in [-0.15, -0.1) is 0 Å². The lowest BCUT2D eigenvalue weighted by atomic mass is 9.83. The van der Waals surface area contributed by atoms with Crippen LogP contribution in [0.2, 0.25) is 0 Å².